The van der Waals surface area contributed by atoms with Crippen LogP contribution in [0, 0.1) is 0 Å². The van der Waals surface area contributed by atoms with E-state index in [4.69, 9.17) is 16.3 Å². The van der Waals surface area contributed by atoms with Gasteiger partial charge in [-0.3, -0.25) is 0 Å². The van der Waals surface area contributed by atoms with E-state index in [9.17, 15) is 0 Å². The SMILES string of the molecule is COC1CC(NC2CC(c3ccc(Cl)cc3)C2)C1. The van der Waals surface area contributed by atoms with Crippen LogP contribution in [-0.4, -0.2) is 25.3 Å². The number of nitrogens with one attached hydrogen (secondary N) is 1. The number of rotatable bonds is 4. The molecule has 0 bridgehead atoms. The molecular formula is C15H20ClNO. The first-order chi connectivity index (χ1) is 8.74. The Morgan fingerprint density at radius 1 is 1.06 bits per heavy atom. The molecule has 0 aliphatic heterocycles. The zero-order valence-corrected chi connectivity index (χ0v) is 11.5. The van der Waals surface area contributed by atoms with Gasteiger partial charge in [0.15, 0.2) is 0 Å². The van der Waals surface area contributed by atoms with Gasteiger partial charge in [0.2, 0.25) is 0 Å². The number of halogens is 1. The zero-order valence-electron chi connectivity index (χ0n) is 10.7. The van der Waals surface area contributed by atoms with Crippen molar-refractivity contribution >= 4 is 11.6 Å². The predicted molar refractivity (Wildman–Crippen MR) is 74.2 cm³/mol. The van der Waals surface area contributed by atoms with Gasteiger partial charge in [0.05, 0.1) is 6.10 Å². The highest BCUT2D eigenvalue weighted by Crippen LogP contribution is 2.38. The molecule has 3 heteroatoms. The standard InChI is InChI=1S/C15H20ClNO/c1-18-15-8-14(9-15)17-13-6-11(7-13)10-2-4-12(16)5-3-10/h2-5,11,13-15,17H,6-9H2,1H3. The summed E-state index contributed by atoms with van der Waals surface area (Å²) in [5, 5.41) is 4.55. The first-order valence-corrected chi connectivity index (χ1v) is 7.16. The molecule has 0 heterocycles. The molecule has 0 saturated heterocycles. The smallest absolute Gasteiger partial charge is 0.0601 e. The lowest BCUT2D eigenvalue weighted by atomic mass is 9.74. The molecule has 1 aromatic carbocycles. The second-order valence-corrected chi connectivity index (χ2v) is 6.05. The summed E-state index contributed by atoms with van der Waals surface area (Å²) >= 11 is 5.90. The molecule has 0 aromatic heterocycles. The minimum Gasteiger partial charge on any atom is -0.381 e. The molecule has 0 radical (unpaired) electrons. The fraction of sp³-hybridized carbons (Fsp3) is 0.600. The molecule has 98 valence electrons. The number of hydrogen-bond donors (Lipinski definition) is 1. The lowest BCUT2D eigenvalue weighted by Gasteiger charge is -2.43. The first kappa shape index (κ1) is 12.5. The highest BCUT2D eigenvalue weighted by Gasteiger charge is 2.35. The van der Waals surface area contributed by atoms with Crippen molar-refractivity contribution in [2.24, 2.45) is 0 Å². The van der Waals surface area contributed by atoms with Crippen LogP contribution in [0.5, 0.6) is 0 Å². The lowest BCUT2D eigenvalue weighted by molar-refractivity contribution is 0.00999. The largest absolute Gasteiger partial charge is 0.381 e. The number of ether oxygens (including phenoxy) is 1. The Morgan fingerprint density at radius 3 is 2.28 bits per heavy atom. The van der Waals surface area contributed by atoms with Gasteiger partial charge in [-0.15, -0.1) is 0 Å². The number of methoxy groups -OCH3 is 1. The molecule has 1 aromatic rings. The van der Waals surface area contributed by atoms with Gasteiger partial charge in [-0.2, -0.15) is 0 Å². The third kappa shape index (κ3) is 2.56. The Bertz CT molecular complexity index is 393. The van der Waals surface area contributed by atoms with Crippen LogP contribution in [0.1, 0.15) is 37.2 Å². The van der Waals surface area contributed by atoms with Crippen molar-refractivity contribution in [2.45, 2.75) is 49.8 Å². The molecule has 0 atom stereocenters. The van der Waals surface area contributed by atoms with Crippen molar-refractivity contribution in [1.82, 2.24) is 5.32 Å². The summed E-state index contributed by atoms with van der Waals surface area (Å²) < 4.78 is 5.30. The summed E-state index contributed by atoms with van der Waals surface area (Å²) in [6.07, 6.45) is 5.37. The fourth-order valence-corrected chi connectivity index (χ4v) is 3.11. The third-order valence-electron chi connectivity index (χ3n) is 4.38. The summed E-state index contributed by atoms with van der Waals surface area (Å²) in [6, 6.07) is 9.69. The van der Waals surface area contributed by atoms with Crippen LogP contribution in [0.4, 0.5) is 0 Å². The third-order valence-corrected chi connectivity index (χ3v) is 4.63. The van der Waals surface area contributed by atoms with Crippen LogP contribution in [0.25, 0.3) is 0 Å². The van der Waals surface area contributed by atoms with Gasteiger partial charge in [0.25, 0.3) is 0 Å². The molecule has 2 nitrogen and oxygen atoms in total. The maximum absolute atomic E-state index is 5.90. The van der Waals surface area contributed by atoms with Crippen molar-refractivity contribution in [3.05, 3.63) is 34.9 Å². The Balaban J connectivity index is 1.42. The molecule has 2 fully saturated rings. The molecule has 1 N–H and O–H groups in total. The topological polar surface area (TPSA) is 21.3 Å². The summed E-state index contributed by atoms with van der Waals surface area (Å²) in [5.74, 6) is 0.720. The van der Waals surface area contributed by atoms with Crippen LogP contribution < -0.4 is 5.32 Å². The molecule has 2 aliphatic rings. The van der Waals surface area contributed by atoms with Gasteiger partial charge in [0, 0.05) is 24.2 Å². The van der Waals surface area contributed by atoms with Crippen molar-refractivity contribution in [3.8, 4) is 0 Å². The maximum atomic E-state index is 5.90. The van der Waals surface area contributed by atoms with Crippen LogP contribution >= 0.6 is 11.6 Å². The number of hydrogen-bond acceptors (Lipinski definition) is 2. The average Bonchev–Trinajstić information content (AvgIpc) is 2.27. The van der Waals surface area contributed by atoms with Crippen molar-refractivity contribution in [2.75, 3.05) is 7.11 Å². The molecular weight excluding hydrogens is 246 g/mol. The maximum Gasteiger partial charge on any atom is 0.0601 e. The van der Waals surface area contributed by atoms with E-state index in [1.807, 2.05) is 12.1 Å². The summed E-state index contributed by atoms with van der Waals surface area (Å²) in [6.45, 7) is 0. The van der Waals surface area contributed by atoms with E-state index in [1.54, 1.807) is 7.11 Å². The quantitative estimate of drug-likeness (QED) is 0.901. The fourth-order valence-electron chi connectivity index (χ4n) is 2.99. The Labute approximate surface area is 114 Å². The van der Waals surface area contributed by atoms with Gasteiger partial charge >= 0.3 is 0 Å². The molecule has 3 rings (SSSR count). The molecule has 0 unspecified atom stereocenters. The van der Waals surface area contributed by atoms with Crippen LogP contribution in [0.3, 0.4) is 0 Å². The van der Waals surface area contributed by atoms with Gasteiger partial charge in [-0.05, 0) is 49.3 Å². The van der Waals surface area contributed by atoms with Crippen molar-refractivity contribution in [3.63, 3.8) is 0 Å². The Kier molecular flexibility index (Phi) is 3.60. The molecule has 2 aliphatic carbocycles. The summed E-state index contributed by atoms with van der Waals surface area (Å²) in [7, 11) is 1.81. The second-order valence-electron chi connectivity index (χ2n) is 5.61. The number of benzene rings is 1. The molecule has 18 heavy (non-hydrogen) atoms. The van der Waals surface area contributed by atoms with Gasteiger partial charge in [0.1, 0.15) is 0 Å². The molecule has 0 amide bonds. The van der Waals surface area contributed by atoms with Crippen LogP contribution in [0.2, 0.25) is 5.02 Å². The lowest BCUT2D eigenvalue weighted by Crippen LogP contribution is -2.52. The van der Waals surface area contributed by atoms with E-state index < -0.39 is 0 Å². The van der Waals surface area contributed by atoms with E-state index in [1.165, 1.54) is 31.2 Å². The Morgan fingerprint density at radius 2 is 1.67 bits per heavy atom. The molecule has 2 saturated carbocycles. The van der Waals surface area contributed by atoms with Crippen molar-refractivity contribution < 1.29 is 4.74 Å². The van der Waals surface area contributed by atoms with Gasteiger partial charge < -0.3 is 10.1 Å². The van der Waals surface area contributed by atoms with Crippen LogP contribution in [-0.2, 0) is 4.74 Å². The van der Waals surface area contributed by atoms with Crippen molar-refractivity contribution in [1.29, 1.82) is 0 Å². The normalized spacial score (nSPS) is 34.8. The van der Waals surface area contributed by atoms with Gasteiger partial charge in [-0.25, -0.2) is 0 Å². The summed E-state index contributed by atoms with van der Waals surface area (Å²) in [4.78, 5) is 0. The minimum atomic E-state index is 0.495. The zero-order chi connectivity index (χ0) is 12.5. The Hall–Kier alpha value is -0.570. The van der Waals surface area contributed by atoms with Gasteiger partial charge in [-0.1, -0.05) is 23.7 Å². The van der Waals surface area contributed by atoms with E-state index >= 15 is 0 Å². The van der Waals surface area contributed by atoms with Crippen LogP contribution in [0.15, 0.2) is 24.3 Å². The van der Waals surface area contributed by atoms with E-state index in [-0.39, 0.29) is 0 Å². The van der Waals surface area contributed by atoms with E-state index in [2.05, 4.69) is 17.4 Å². The van der Waals surface area contributed by atoms with E-state index in [0.29, 0.717) is 18.2 Å². The summed E-state index contributed by atoms with van der Waals surface area (Å²) in [5.41, 5.74) is 1.43. The highest BCUT2D eigenvalue weighted by molar-refractivity contribution is 6.30. The highest BCUT2D eigenvalue weighted by atomic mass is 35.5. The first-order valence-electron chi connectivity index (χ1n) is 6.79. The average molecular weight is 266 g/mol. The molecule has 0 spiro atoms. The predicted octanol–water partition coefficient (Wildman–Crippen LogP) is 3.35. The monoisotopic (exact) mass is 265 g/mol. The van der Waals surface area contributed by atoms with E-state index in [0.717, 1.165) is 10.9 Å². The minimum absolute atomic E-state index is 0.495. The second kappa shape index (κ2) is 5.20.